The molecule has 0 aromatic carbocycles. The first-order valence-corrected chi connectivity index (χ1v) is 37.7. The third kappa shape index (κ3) is 67.8. The number of aliphatic carboxylic acids is 1. The van der Waals surface area contributed by atoms with Gasteiger partial charge in [-0.1, -0.05) is 380 Å². The summed E-state index contributed by atoms with van der Waals surface area (Å²) in [5, 5.41) is 11.8. The normalized spacial score (nSPS) is 12.5. The Bertz CT molecular complexity index is 1340. The largest absolute Gasteiger partial charge is 0.545 e. The summed E-state index contributed by atoms with van der Waals surface area (Å²) in [4.78, 5) is 37.5. The van der Waals surface area contributed by atoms with E-state index in [2.05, 4.69) is 13.8 Å². The Morgan fingerprint density at radius 3 is 0.762 bits per heavy atom. The number of quaternary nitrogens is 1. The molecule has 0 aromatic rings. The van der Waals surface area contributed by atoms with Gasteiger partial charge in [-0.3, -0.25) is 9.59 Å². The first-order valence-electron chi connectivity index (χ1n) is 37.7. The standard InChI is InChI=1S/C75H147NO8/c1-6-8-10-12-14-16-18-20-22-24-26-27-28-29-30-31-32-33-34-35-36-37-38-39-40-41-42-43-44-45-46-48-50-52-54-56-58-60-62-64-66-73(78)84-71(70-83-75(74(79)80)81-68-67-76(3,4)5)69-82-72(77)65-63-61-59-57-55-53-51-49-47-25-23-21-19-17-15-13-11-9-7-2/h71,75H,6-70H2,1-5H3. The van der Waals surface area contributed by atoms with E-state index in [1.165, 1.54) is 340 Å². The molecule has 84 heavy (non-hydrogen) atoms. The molecule has 9 nitrogen and oxygen atoms in total. The van der Waals surface area contributed by atoms with Gasteiger partial charge in [0.05, 0.1) is 40.3 Å². The molecule has 0 amide bonds. The number of unbranched alkanes of at least 4 members (excludes halogenated alkanes) is 57. The van der Waals surface area contributed by atoms with Gasteiger partial charge >= 0.3 is 11.9 Å². The molecule has 0 aliphatic heterocycles. The van der Waals surface area contributed by atoms with Crippen LogP contribution in [0.25, 0.3) is 0 Å². The average molecular weight is 1190 g/mol. The Morgan fingerprint density at radius 1 is 0.310 bits per heavy atom. The van der Waals surface area contributed by atoms with Gasteiger partial charge in [-0.2, -0.15) is 0 Å². The number of rotatable bonds is 72. The van der Waals surface area contributed by atoms with Gasteiger partial charge < -0.3 is 33.3 Å². The lowest BCUT2D eigenvalue weighted by molar-refractivity contribution is -0.870. The molecule has 0 heterocycles. The highest BCUT2D eigenvalue weighted by Gasteiger charge is 2.22. The average Bonchev–Trinajstić information content (AvgIpc) is 3.56. The Kier molecular flexibility index (Phi) is 65.9. The molecular weight excluding hydrogens is 1040 g/mol. The first-order chi connectivity index (χ1) is 41.1. The van der Waals surface area contributed by atoms with Crippen LogP contribution < -0.4 is 5.11 Å². The van der Waals surface area contributed by atoms with Crippen LogP contribution in [-0.2, 0) is 33.3 Å². The van der Waals surface area contributed by atoms with Crippen molar-refractivity contribution < 1.29 is 42.9 Å². The third-order valence-corrected chi connectivity index (χ3v) is 17.6. The van der Waals surface area contributed by atoms with Crippen molar-refractivity contribution in [1.82, 2.24) is 0 Å². The van der Waals surface area contributed by atoms with Crippen molar-refractivity contribution in [1.29, 1.82) is 0 Å². The molecule has 0 radical (unpaired) electrons. The Labute approximate surface area is 523 Å². The summed E-state index contributed by atoms with van der Waals surface area (Å²) >= 11 is 0. The highest BCUT2D eigenvalue weighted by Crippen LogP contribution is 2.20. The van der Waals surface area contributed by atoms with Crippen molar-refractivity contribution in [3.8, 4) is 0 Å². The maximum atomic E-state index is 12.9. The summed E-state index contributed by atoms with van der Waals surface area (Å²) in [5.41, 5.74) is 0. The minimum Gasteiger partial charge on any atom is -0.545 e. The zero-order valence-corrected chi connectivity index (χ0v) is 57.3. The molecule has 0 aliphatic carbocycles. The highest BCUT2D eigenvalue weighted by molar-refractivity contribution is 5.70. The highest BCUT2D eigenvalue weighted by atomic mass is 16.7. The van der Waals surface area contributed by atoms with Gasteiger partial charge in [0.15, 0.2) is 12.4 Å². The van der Waals surface area contributed by atoms with Crippen LogP contribution in [0.2, 0.25) is 0 Å². The van der Waals surface area contributed by atoms with Crippen molar-refractivity contribution in [3.05, 3.63) is 0 Å². The molecule has 0 saturated carbocycles. The van der Waals surface area contributed by atoms with Crippen molar-refractivity contribution in [3.63, 3.8) is 0 Å². The number of hydrogen-bond acceptors (Lipinski definition) is 8. The van der Waals surface area contributed by atoms with Crippen molar-refractivity contribution in [2.24, 2.45) is 0 Å². The van der Waals surface area contributed by atoms with Gasteiger partial charge in [0.2, 0.25) is 0 Å². The predicted octanol–water partition coefficient (Wildman–Crippen LogP) is 22.1. The summed E-state index contributed by atoms with van der Waals surface area (Å²) in [6, 6.07) is 0. The van der Waals surface area contributed by atoms with E-state index in [0.717, 1.165) is 38.5 Å². The van der Waals surface area contributed by atoms with E-state index in [1.54, 1.807) is 0 Å². The van der Waals surface area contributed by atoms with Crippen LogP contribution >= 0.6 is 0 Å². The molecule has 9 heteroatoms. The molecule has 0 rings (SSSR count). The molecule has 500 valence electrons. The van der Waals surface area contributed by atoms with E-state index < -0.39 is 24.3 Å². The van der Waals surface area contributed by atoms with E-state index in [0.29, 0.717) is 17.4 Å². The molecule has 0 saturated heterocycles. The molecule has 0 bridgehead atoms. The van der Waals surface area contributed by atoms with Gasteiger partial charge in [0.1, 0.15) is 13.2 Å². The summed E-state index contributed by atoms with van der Waals surface area (Å²) in [7, 11) is 5.95. The number of hydrogen-bond donors (Lipinski definition) is 0. The fourth-order valence-corrected chi connectivity index (χ4v) is 11.8. The lowest BCUT2D eigenvalue weighted by atomic mass is 10.0. The minimum atomic E-state index is -1.62. The van der Waals surface area contributed by atoms with Crippen LogP contribution in [0.5, 0.6) is 0 Å². The minimum absolute atomic E-state index is 0.154. The van der Waals surface area contributed by atoms with Gasteiger partial charge in [-0.05, 0) is 12.8 Å². The summed E-state index contributed by atoms with van der Waals surface area (Å²) in [6.45, 7) is 4.84. The second kappa shape index (κ2) is 67.2. The fourth-order valence-electron chi connectivity index (χ4n) is 11.8. The van der Waals surface area contributed by atoms with Gasteiger partial charge in [-0.15, -0.1) is 0 Å². The van der Waals surface area contributed by atoms with E-state index >= 15 is 0 Å². The number of carboxylic acid groups (broad SMARTS) is 1. The number of nitrogens with zero attached hydrogens (tertiary/aromatic N) is 1. The monoisotopic (exact) mass is 1190 g/mol. The summed E-state index contributed by atoms with van der Waals surface area (Å²) in [6.07, 6.45) is 78.0. The van der Waals surface area contributed by atoms with Crippen LogP contribution in [0.3, 0.4) is 0 Å². The summed E-state index contributed by atoms with van der Waals surface area (Å²) in [5.74, 6) is -2.24. The molecule has 0 aliphatic rings. The quantitative estimate of drug-likeness (QED) is 0.0256. The lowest BCUT2D eigenvalue weighted by Crippen LogP contribution is -2.44. The number of ether oxygens (including phenoxy) is 4. The van der Waals surface area contributed by atoms with E-state index in [-0.39, 0.29) is 32.2 Å². The van der Waals surface area contributed by atoms with Crippen LogP contribution in [0.15, 0.2) is 0 Å². The Balaban J connectivity index is 3.89. The smallest absolute Gasteiger partial charge is 0.306 e. The van der Waals surface area contributed by atoms with Gasteiger partial charge in [0.25, 0.3) is 0 Å². The Hall–Kier alpha value is -1.71. The molecule has 2 unspecified atom stereocenters. The molecule has 2 atom stereocenters. The molecule has 0 fully saturated rings. The van der Waals surface area contributed by atoms with Crippen molar-refractivity contribution in [2.45, 2.75) is 418 Å². The topological polar surface area (TPSA) is 111 Å². The van der Waals surface area contributed by atoms with Gasteiger partial charge in [-0.25, -0.2) is 0 Å². The second-order valence-electron chi connectivity index (χ2n) is 27.3. The number of esters is 2. The molecule has 0 spiro atoms. The predicted molar refractivity (Wildman–Crippen MR) is 357 cm³/mol. The van der Waals surface area contributed by atoms with E-state index in [9.17, 15) is 19.5 Å². The van der Waals surface area contributed by atoms with E-state index in [1.807, 2.05) is 21.1 Å². The van der Waals surface area contributed by atoms with Crippen LogP contribution in [0, 0.1) is 0 Å². The zero-order chi connectivity index (χ0) is 61.2. The number of carboxylic acids is 1. The maximum absolute atomic E-state index is 12.9. The van der Waals surface area contributed by atoms with Gasteiger partial charge in [0, 0.05) is 12.8 Å². The zero-order valence-electron chi connectivity index (χ0n) is 57.3. The third-order valence-electron chi connectivity index (χ3n) is 17.6. The molecule has 0 aromatic heterocycles. The summed E-state index contributed by atoms with van der Waals surface area (Å²) < 4.78 is 22.8. The van der Waals surface area contributed by atoms with Crippen LogP contribution in [0.4, 0.5) is 0 Å². The first kappa shape index (κ1) is 82.3. The number of carbonyl (C=O) groups is 3. The van der Waals surface area contributed by atoms with Crippen molar-refractivity contribution >= 4 is 17.9 Å². The Morgan fingerprint density at radius 2 is 0.536 bits per heavy atom. The van der Waals surface area contributed by atoms with Crippen molar-refractivity contribution in [2.75, 3.05) is 47.5 Å². The lowest BCUT2D eigenvalue weighted by Gasteiger charge is -2.26. The maximum Gasteiger partial charge on any atom is 0.306 e. The fraction of sp³-hybridized carbons (Fsp3) is 0.960. The van der Waals surface area contributed by atoms with E-state index in [4.69, 9.17) is 18.9 Å². The van der Waals surface area contributed by atoms with Crippen LogP contribution in [0.1, 0.15) is 406 Å². The second-order valence-corrected chi connectivity index (χ2v) is 27.3. The van der Waals surface area contributed by atoms with Crippen LogP contribution in [-0.4, -0.2) is 82.3 Å². The SMILES string of the molecule is CCCCCCCCCCCCCCCCCCCCCCCCCCCCCCCCCCCCCCCCCCC(=O)OC(COC(=O)CCCCCCCCCCCCCCCCCCCCC)COC(OCC[N+](C)(C)C)C(=O)[O-]. The molecule has 0 N–H and O–H groups in total. The number of likely N-dealkylation sites (N-methyl/N-ethyl adjacent to an activating group) is 1. The molecular formula is C75H147NO8. The number of carbonyl (C=O) groups excluding carboxylic acids is 3.